The zero-order chi connectivity index (χ0) is 11.2. The standard InChI is InChI=1S/C9H9BrN2/c1-6-3-4-8(10)7-5-11-12(2)9(6)7/h3-5H,1-2H3/i2D3. The smallest absolute Gasteiger partial charge is 0.0719 e. The van der Waals surface area contributed by atoms with Crippen LogP contribution in [0.5, 0.6) is 0 Å². The van der Waals surface area contributed by atoms with Crippen molar-refractivity contribution < 1.29 is 4.11 Å². The van der Waals surface area contributed by atoms with Crippen LogP contribution in [-0.4, -0.2) is 9.78 Å². The van der Waals surface area contributed by atoms with Crippen molar-refractivity contribution in [2.24, 2.45) is 6.98 Å². The minimum Gasteiger partial charge on any atom is -0.268 e. The lowest BCUT2D eigenvalue weighted by atomic mass is 10.2. The highest BCUT2D eigenvalue weighted by Crippen LogP contribution is 2.25. The molecule has 0 unspecified atom stereocenters. The van der Waals surface area contributed by atoms with Gasteiger partial charge in [0, 0.05) is 20.9 Å². The molecule has 0 fully saturated rings. The van der Waals surface area contributed by atoms with E-state index >= 15 is 0 Å². The van der Waals surface area contributed by atoms with Crippen molar-refractivity contribution in [3.63, 3.8) is 0 Å². The van der Waals surface area contributed by atoms with Crippen LogP contribution in [-0.2, 0) is 6.98 Å². The zero-order valence-corrected chi connectivity index (χ0v) is 8.09. The van der Waals surface area contributed by atoms with E-state index in [1.807, 2.05) is 19.1 Å². The van der Waals surface area contributed by atoms with Crippen LogP contribution in [0.15, 0.2) is 22.8 Å². The molecular formula is C9H9BrN2. The van der Waals surface area contributed by atoms with Crippen molar-refractivity contribution in [2.75, 3.05) is 0 Å². The van der Waals surface area contributed by atoms with Gasteiger partial charge in [0.1, 0.15) is 0 Å². The number of aromatic nitrogens is 2. The van der Waals surface area contributed by atoms with Crippen molar-refractivity contribution in [1.29, 1.82) is 0 Å². The molecule has 0 N–H and O–H groups in total. The van der Waals surface area contributed by atoms with Gasteiger partial charge in [0.25, 0.3) is 0 Å². The molecule has 0 amide bonds. The summed E-state index contributed by atoms with van der Waals surface area (Å²) in [4.78, 5) is 0. The molecule has 0 bridgehead atoms. The lowest BCUT2D eigenvalue weighted by molar-refractivity contribution is 0.794. The van der Waals surface area contributed by atoms with E-state index in [-0.39, 0.29) is 0 Å². The molecule has 1 heterocycles. The molecule has 2 rings (SSSR count). The first-order valence-electron chi connectivity index (χ1n) is 5.04. The molecule has 0 aliphatic carbocycles. The maximum atomic E-state index is 7.36. The molecule has 0 radical (unpaired) electrons. The Bertz CT molecular complexity index is 516. The van der Waals surface area contributed by atoms with Gasteiger partial charge in [-0.3, -0.25) is 4.68 Å². The van der Waals surface area contributed by atoms with E-state index in [1.54, 1.807) is 6.20 Å². The Morgan fingerprint density at radius 1 is 1.58 bits per heavy atom. The first-order chi connectivity index (χ1) is 6.91. The minimum atomic E-state index is -2.23. The fraction of sp³-hybridized carbons (Fsp3) is 0.222. The third-order valence-corrected chi connectivity index (χ3v) is 2.57. The number of halogens is 1. The molecule has 0 saturated carbocycles. The number of benzene rings is 1. The summed E-state index contributed by atoms with van der Waals surface area (Å²) in [5, 5.41) is 4.74. The van der Waals surface area contributed by atoms with Gasteiger partial charge in [-0.25, -0.2) is 0 Å². The summed E-state index contributed by atoms with van der Waals surface area (Å²) in [5.41, 5.74) is 1.56. The summed E-state index contributed by atoms with van der Waals surface area (Å²) in [7, 11) is 0. The summed E-state index contributed by atoms with van der Waals surface area (Å²) in [6.07, 6.45) is 1.57. The fourth-order valence-electron chi connectivity index (χ4n) is 1.27. The Hall–Kier alpha value is -0.830. The van der Waals surface area contributed by atoms with Crippen molar-refractivity contribution in [1.82, 2.24) is 9.78 Å². The molecule has 62 valence electrons. The first kappa shape index (κ1) is 5.02. The Labute approximate surface area is 83.5 Å². The molecule has 2 nitrogen and oxygen atoms in total. The second kappa shape index (κ2) is 2.59. The van der Waals surface area contributed by atoms with Crippen LogP contribution in [0.3, 0.4) is 0 Å². The van der Waals surface area contributed by atoms with E-state index in [1.165, 1.54) is 0 Å². The predicted octanol–water partition coefficient (Wildman–Crippen LogP) is 2.64. The van der Waals surface area contributed by atoms with Gasteiger partial charge in [0.15, 0.2) is 0 Å². The van der Waals surface area contributed by atoms with Crippen LogP contribution in [0.25, 0.3) is 10.9 Å². The molecule has 2 aromatic rings. The van der Waals surface area contributed by atoms with Crippen molar-refractivity contribution in [2.45, 2.75) is 6.92 Å². The largest absolute Gasteiger partial charge is 0.268 e. The highest BCUT2D eigenvalue weighted by molar-refractivity contribution is 9.10. The van der Waals surface area contributed by atoms with Crippen LogP contribution in [0.1, 0.15) is 9.68 Å². The summed E-state index contributed by atoms with van der Waals surface area (Å²) >= 11 is 3.37. The zero-order valence-electron chi connectivity index (χ0n) is 9.50. The second-order valence-corrected chi connectivity index (χ2v) is 3.54. The van der Waals surface area contributed by atoms with Gasteiger partial charge in [-0.2, -0.15) is 5.10 Å². The average molecular weight is 228 g/mol. The molecule has 0 atom stereocenters. The quantitative estimate of drug-likeness (QED) is 0.677. The molecule has 0 aliphatic heterocycles. The number of hydrogen-bond acceptors (Lipinski definition) is 1. The van der Waals surface area contributed by atoms with Gasteiger partial charge in [0.05, 0.1) is 11.7 Å². The summed E-state index contributed by atoms with van der Waals surface area (Å²) < 4.78 is 24.0. The fourth-order valence-corrected chi connectivity index (χ4v) is 1.69. The summed E-state index contributed by atoms with van der Waals surface area (Å²) in [6.45, 7) is -0.355. The van der Waals surface area contributed by atoms with E-state index in [0.29, 0.717) is 5.52 Å². The van der Waals surface area contributed by atoms with Crippen LogP contribution in [0.2, 0.25) is 0 Å². The van der Waals surface area contributed by atoms with Gasteiger partial charge in [-0.1, -0.05) is 22.0 Å². The Morgan fingerprint density at radius 2 is 2.42 bits per heavy atom. The van der Waals surface area contributed by atoms with Gasteiger partial charge in [-0.05, 0) is 18.6 Å². The third kappa shape index (κ3) is 0.966. The number of nitrogens with zero attached hydrogens (tertiary/aromatic N) is 2. The van der Waals surface area contributed by atoms with E-state index in [4.69, 9.17) is 4.11 Å². The van der Waals surface area contributed by atoms with Gasteiger partial charge < -0.3 is 0 Å². The number of rotatable bonds is 0. The van der Waals surface area contributed by atoms with Gasteiger partial charge >= 0.3 is 0 Å². The topological polar surface area (TPSA) is 17.8 Å². The van der Waals surface area contributed by atoms with Crippen molar-refractivity contribution in [3.8, 4) is 0 Å². The first-order valence-corrected chi connectivity index (χ1v) is 4.34. The molecule has 0 saturated heterocycles. The van der Waals surface area contributed by atoms with Gasteiger partial charge in [0.2, 0.25) is 0 Å². The lowest BCUT2D eigenvalue weighted by Crippen LogP contribution is -1.90. The SMILES string of the molecule is [2H]C([2H])([2H])n1ncc2c(Br)ccc(C)c21. The van der Waals surface area contributed by atoms with E-state index in [9.17, 15) is 0 Å². The summed E-state index contributed by atoms with van der Waals surface area (Å²) in [5.74, 6) is 0. The Morgan fingerprint density at radius 3 is 3.17 bits per heavy atom. The maximum absolute atomic E-state index is 7.36. The molecule has 1 aromatic heterocycles. The number of hydrogen-bond donors (Lipinski definition) is 0. The summed E-state index contributed by atoms with van der Waals surface area (Å²) in [6, 6.07) is 3.76. The van der Waals surface area contributed by atoms with Crippen LogP contribution in [0.4, 0.5) is 0 Å². The number of fused-ring (bicyclic) bond motifs is 1. The third-order valence-electron chi connectivity index (χ3n) is 1.88. The monoisotopic (exact) mass is 227 g/mol. The molecule has 0 spiro atoms. The second-order valence-electron chi connectivity index (χ2n) is 2.68. The molecular weight excluding hydrogens is 216 g/mol. The normalized spacial score (nSPS) is 15.7. The molecule has 1 aromatic carbocycles. The molecule has 12 heavy (non-hydrogen) atoms. The number of aryl methyl sites for hydroxylation is 2. The highest BCUT2D eigenvalue weighted by Gasteiger charge is 2.04. The highest BCUT2D eigenvalue weighted by atomic mass is 79.9. The van der Waals surface area contributed by atoms with E-state index in [0.717, 1.165) is 20.1 Å². The van der Waals surface area contributed by atoms with E-state index < -0.39 is 6.98 Å². The predicted molar refractivity (Wildman–Crippen MR) is 53.2 cm³/mol. The van der Waals surface area contributed by atoms with E-state index in [2.05, 4.69) is 21.0 Å². The maximum Gasteiger partial charge on any atom is 0.0719 e. The molecule has 3 heteroatoms. The van der Waals surface area contributed by atoms with Crippen LogP contribution < -0.4 is 0 Å². The lowest BCUT2D eigenvalue weighted by Gasteiger charge is -1.99. The molecule has 0 aliphatic rings. The van der Waals surface area contributed by atoms with Crippen molar-refractivity contribution >= 4 is 26.8 Å². The van der Waals surface area contributed by atoms with Crippen LogP contribution >= 0.6 is 15.9 Å². The Kier molecular flexibility index (Phi) is 1.08. The van der Waals surface area contributed by atoms with Crippen molar-refractivity contribution in [3.05, 3.63) is 28.4 Å². The minimum absolute atomic E-state index is 0.657. The van der Waals surface area contributed by atoms with Gasteiger partial charge in [-0.15, -0.1) is 0 Å². The Balaban J connectivity index is 2.85. The van der Waals surface area contributed by atoms with Crippen LogP contribution in [0, 0.1) is 6.92 Å². The average Bonchev–Trinajstić information content (AvgIpc) is 2.55.